The molecule has 0 saturated carbocycles. The minimum absolute atomic E-state index is 0.0837. The average Bonchev–Trinajstić information content (AvgIpc) is 3.03. The second kappa shape index (κ2) is 4.81. The highest BCUT2D eigenvalue weighted by Gasteiger charge is 2.17. The van der Waals surface area contributed by atoms with Crippen molar-refractivity contribution in [3.05, 3.63) is 35.7 Å². The van der Waals surface area contributed by atoms with Crippen LogP contribution in [0.3, 0.4) is 0 Å². The summed E-state index contributed by atoms with van der Waals surface area (Å²) in [5, 5.41) is 9.10. The molecular formula is C14H13BrN2O2. The zero-order valence-corrected chi connectivity index (χ0v) is 12.3. The molecule has 0 fully saturated rings. The van der Waals surface area contributed by atoms with Gasteiger partial charge in [-0.25, -0.2) is 0 Å². The van der Waals surface area contributed by atoms with Crippen molar-refractivity contribution in [2.45, 2.75) is 25.1 Å². The summed E-state index contributed by atoms with van der Waals surface area (Å²) in [5.41, 5.74) is 2.02. The number of halogens is 1. The van der Waals surface area contributed by atoms with Crippen molar-refractivity contribution in [1.82, 2.24) is 10.2 Å². The Bertz CT molecular complexity index is 717. The van der Waals surface area contributed by atoms with Gasteiger partial charge in [-0.1, -0.05) is 34.5 Å². The molecule has 5 heteroatoms. The molecule has 19 heavy (non-hydrogen) atoms. The van der Waals surface area contributed by atoms with E-state index in [2.05, 4.69) is 32.2 Å². The van der Waals surface area contributed by atoms with E-state index in [0.29, 0.717) is 17.5 Å². The van der Waals surface area contributed by atoms with Gasteiger partial charge in [0.1, 0.15) is 5.58 Å². The van der Waals surface area contributed by atoms with E-state index in [4.69, 9.17) is 8.83 Å². The molecule has 4 nitrogen and oxygen atoms in total. The third kappa shape index (κ3) is 2.30. The van der Waals surface area contributed by atoms with Crippen molar-refractivity contribution in [2.75, 3.05) is 0 Å². The minimum atomic E-state index is 0.0837. The predicted molar refractivity (Wildman–Crippen MR) is 76.2 cm³/mol. The Morgan fingerprint density at radius 2 is 2.05 bits per heavy atom. The standard InChI is InChI=1S/C14H13BrN2O2/c1-3-10(15)13-16-17-14(19-13)12-7-9-6-8(2)4-5-11(9)18-12/h4-7,10H,3H2,1-2H3. The van der Waals surface area contributed by atoms with Gasteiger partial charge in [0.25, 0.3) is 5.89 Å². The van der Waals surface area contributed by atoms with Gasteiger partial charge in [-0.05, 0) is 31.5 Å². The van der Waals surface area contributed by atoms with Gasteiger partial charge in [0, 0.05) is 5.39 Å². The Balaban J connectivity index is 2.01. The third-order valence-electron chi connectivity index (χ3n) is 2.95. The largest absolute Gasteiger partial charge is 0.451 e. The summed E-state index contributed by atoms with van der Waals surface area (Å²) in [5.74, 6) is 1.60. The lowest BCUT2D eigenvalue weighted by Gasteiger charge is -1.97. The number of aromatic nitrogens is 2. The van der Waals surface area contributed by atoms with Crippen LogP contribution in [0, 0.1) is 6.92 Å². The Morgan fingerprint density at radius 3 is 2.84 bits per heavy atom. The summed E-state index contributed by atoms with van der Waals surface area (Å²) < 4.78 is 11.3. The maximum atomic E-state index is 5.72. The van der Waals surface area contributed by atoms with E-state index in [9.17, 15) is 0 Å². The number of hydrogen-bond acceptors (Lipinski definition) is 4. The lowest BCUT2D eigenvalue weighted by atomic mass is 10.2. The van der Waals surface area contributed by atoms with Crippen LogP contribution in [0.25, 0.3) is 22.6 Å². The Labute approximate surface area is 118 Å². The van der Waals surface area contributed by atoms with Gasteiger partial charge in [0.05, 0.1) is 4.83 Å². The normalized spacial score (nSPS) is 13.0. The summed E-state index contributed by atoms with van der Waals surface area (Å²) in [6.45, 7) is 4.10. The van der Waals surface area contributed by atoms with Crippen molar-refractivity contribution < 1.29 is 8.83 Å². The molecule has 1 atom stereocenters. The molecule has 0 spiro atoms. The Morgan fingerprint density at radius 1 is 1.21 bits per heavy atom. The van der Waals surface area contributed by atoms with Crippen LogP contribution in [0.1, 0.15) is 29.6 Å². The highest BCUT2D eigenvalue weighted by molar-refractivity contribution is 9.09. The van der Waals surface area contributed by atoms with Gasteiger partial charge in [-0.2, -0.15) is 0 Å². The second-order valence-electron chi connectivity index (χ2n) is 4.47. The van der Waals surface area contributed by atoms with Gasteiger partial charge in [-0.3, -0.25) is 0 Å². The molecule has 2 aromatic heterocycles. The maximum Gasteiger partial charge on any atom is 0.283 e. The zero-order chi connectivity index (χ0) is 13.4. The van der Waals surface area contributed by atoms with Crippen LogP contribution in [0.2, 0.25) is 0 Å². The molecule has 0 N–H and O–H groups in total. The molecule has 3 aromatic rings. The molecule has 98 valence electrons. The van der Waals surface area contributed by atoms with Crippen LogP contribution in [0.15, 0.2) is 33.1 Å². The number of alkyl halides is 1. The number of benzene rings is 1. The number of nitrogens with zero attached hydrogens (tertiary/aromatic N) is 2. The van der Waals surface area contributed by atoms with Gasteiger partial charge < -0.3 is 8.83 Å². The molecule has 3 rings (SSSR count). The second-order valence-corrected chi connectivity index (χ2v) is 5.58. The number of rotatable bonds is 3. The van der Waals surface area contributed by atoms with Crippen LogP contribution < -0.4 is 0 Å². The first-order valence-electron chi connectivity index (χ1n) is 6.15. The molecule has 0 aliphatic heterocycles. The van der Waals surface area contributed by atoms with E-state index < -0.39 is 0 Å². The van der Waals surface area contributed by atoms with Crippen molar-refractivity contribution in [3.63, 3.8) is 0 Å². The molecule has 0 bridgehead atoms. The lowest BCUT2D eigenvalue weighted by molar-refractivity contribution is 0.483. The first-order valence-corrected chi connectivity index (χ1v) is 7.07. The monoisotopic (exact) mass is 320 g/mol. The fourth-order valence-electron chi connectivity index (χ4n) is 1.90. The fourth-order valence-corrected chi connectivity index (χ4v) is 2.09. The molecule has 1 aromatic carbocycles. The number of furan rings is 1. The van der Waals surface area contributed by atoms with Crippen LogP contribution in [0.5, 0.6) is 0 Å². The fraction of sp³-hybridized carbons (Fsp3) is 0.286. The summed E-state index contributed by atoms with van der Waals surface area (Å²) in [6.07, 6.45) is 0.890. The van der Waals surface area contributed by atoms with Crippen molar-refractivity contribution in [3.8, 4) is 11.7 Å². The van der Waals surface area contributed by atoms with Crippen LogP contribution >= 0.6 is 15.9 Å². The quantitative estimate of drug-likeness (QED) is 0.660. The molecule has 0 amide bonds. The first-order chi connectivity index (χ1) is 9.17. The molecule has 1 unspecified atom stereocenters. The zero-order valence-electron chi connectivity index (χ0n) is 10.7. The van der Waals surface area contributed by atoms with Crippen molar-refractivity contribution in [2.24, 2.45) is 0 Å². The summed E-state index contributed by atoms with van der Waals surface area (Å²) >= 11 is 3.49. The topological polar surface area (TPSA) is 52.1 Å². The number of fused-ring (bicyclic) bond motifs is 1. The maximum absolute atomic E-state index is 5.72. The summed E-state index contributed by atoms with van der Waals surface area (Å²) in [4.78, 5) is 0.0837. The lowest BCUT2D eigenvalue weighted by Crippen LogP contribution is -1.86. The van der Waals surface area contributed by atoms with Crippen LogP contribution in [0.4, 0.5) is 0 Å². The summed E-state index contributed by atoms with van der Waals surface area (Å²) in [6, 6.07) is 7.96. The average molecular weight is 321 g/mol. The molecular weight excluding hydrogens is 308 g/mol. The van der Waals surface area contributed by atoms with Crippen molar-refractivity contribution >= 4 is 26.9 Å². The van der Waals surface area contributed by atoms with Crippen LogP contribution in [-0.4, -0.2) is 10.2 Å². The van der Waals surface area contributed by atoms with E-state index in [1.165, 1.54) is 5.56 Å². The molecule has 0 saturated heterocycles. The number of hydrogen-bond donors (Lipinski definition) is 0. The van der Waals surface area contributed by atoms with Crippen molar-refractivity contribution in [1.29, 1.82) is 0 Å². The first kappa shape index (κ1) is 12.4. The number of aryl methyl sites for hydroxylation is 1. The molecule has 0 aliphatic rings. The van der Waals surface area contributed by atoms with Gasteiger partial charge in [-0.15, -0.1) is 10.2 Å². The Hall–Kier alpha value is -1.62. The third-order valence-corrected chi connectivity index (χ3v) is 3.99. The van der Waals surface area contributed by atoms with E-state index in [0.717, 1.165) is 17.4 Å². The van der Waals surface area contributed by atoms with Gasteiger partial charge in [0.2, 0.25) is 5.89 Å². The van der Waals surface area contributed by atoms with E-state index in [1.54, 1.807) is 0 Å². The van der Waals surface area contributed by atoms with E-state index >= 15 is 0 Å². The smallest absolute Gasteiger partial charge is 0.283 e. The SMILES string of the molecule is CCC(Br)c1nnc(-c2cc3cc(C)ccc3o2)o1. The molecule has 0 aliphatic carbocycles. The summed E-state index contributed by atoms with van der Waals surface area (Å²) in [7, 11) is 0. The van der Waals surface area contributed by atoms with E-state index in [1.807, 2.05) is 32.0 Å². The predicted octanol–water partition coefficient (Wildman–Crippen LogP) is 4.64. The van der Waals surface area contributed by atoms with Gasteiger partial charge >= 0.3 is 0 Å². The highest BCUT2D eigenvalue weighted by Crippen LogP contribution is 2.31. The Kier molecular flexibility index (Phi) is 3.14. The highest BCUT2D eigenvalue weighted by atomic mass is 79.9. The van der Waals surface area contributed by atoms with E-state index in [-0.39, 0.29) is 4.83 Å². The molecule has 0 radical (unpaired) electrons. The van der Waals surface area contributed by atoms with Gasteiger partial charge in [0.15, 0.2) is 5.76 Å². The van der Waals surface area contributed by atoms with Crippen LogP contribution in [-0.2, 0) is 0 Å². The molecule has 2 heterocycles. The minimum Gasteiger partial charge on any atom is -0.451 e.